The van der Waals surface area contributed by atoms with E-state index in [1.165, 1.54) is 12.1 Å². The first-order chi connectivity index (χ1) is 22.7. The molecule has 0 radical (unpaired) electrons. The fourth-order valence-corrected chi connectivity index (χ4v) is 4.86. The molecule has 0 N–H and O–H groups in total. The third-order valence-corrected chi connectivity index (χ3v) is 7.17. The molecule has 3 nitrogen and oxygen atoms in total. The van der Waals surface area contributed by atoms with Crippen molar-refractivity contribution in [3.8, 4) is 45.0 Å². The Balaban J connectivity index is 1.30. The lowest BCUT2D eigenvalue weighted by Crippen LogP contribution is -2.23. The van der Waals surface area contributed by atoms with Crippen LogP contribution in [0.15, 0.2) is 103 Å². The van der Waals surface area contributed by atoms with Gasteiger partial charge in [-0.3, -0.25) is 4.98 Å². The SMILES string of the molecule is C/C=C/CCc1ccc(-c2ccc(C(F)(F)Oc3ccc(-c4ccc(-c5ccc(OC(F)(F)F)c(F)c5)c(F)c4)c(F)c3)c(F)c2)nc1. The van der Waals surface area contributed by atoms with E-state index in [2.05, 4.69) is 14.5 Å². The molecule has 0 saturated carbocycles. The number of hydrogen-bond donors (Lipinski definition) is 0. The molecule has 0 saturated heterocycles. The summed E-state index contributed by atoms with van der Waals surface area (Å²) in [6, 6.07) is 14.7. The van der Waals surface area contributed by atoms with Gasteiger partial charge in [-0.15, -0.1) is 13.2 Å². The summed E-state index contributed by atoms with van der Waals surface area (Å²) in [5.74, 6) is -6.46. The van der Waals surface area contributed by atoms with Gasteiger partial charge in [0.05, 0.1) is 11.3 Å². The highest BCUT2D eigenvalue weighted by atomic mass is 19.4. The molecule has 0 spiro atoms. The molecule has 12 heteroatoms. The predicted octanol–water partition coefficient (Wildman–Crippen LogP) is 11.2. The van der Waals surface area contributed by atoms with Crippen molar-refractivity contribution in [2.24, 2.45) is 0 Å². The monoisotopic (exact) mass is 673 g/mol. The van der Waals surface area contributed by atoms with Gasteiger partial charge in [-0.05, 0) is 85.0 Å². The minimum Gasteiger partial charge on any atom is -0.429 e. The van der Waals surface area contributed by atoms with Gasteiger partial charge >= 0.3 is 12.5 Å². The average Bonchev–Trinajstić information content (AvgIpc) is 3.01. The summed E-state index contributed by atoms with van der Waals surface area (Å²) < 4.78 is 135. The van der Waals surface area contributed by atoms with Gasteiger partial charge < -0.3 is 9.47 Å². The van der Waals surface area contributed by atoms with Crippen LogP contribution in [0.3, 0.4) is 0 Å². The summed E-state index contributed by atoms with van der Waals surface area (Å²) in [7, 11) is 0. The molecular formula is C36H24F9NO2. The summed E-state index contributed by atoms with van der Waals surface area (Å²) in [5, 5.41) is 0. The van der Waals surface area contributed by atoms with Gasteiger partial charge in [-0.2, -0.15) is 8.78 Å². The number of hydrogen-bond acceptors (Lipinski definition) is 3. The van der Waals surface area contributed by atoms with Gasteiger partial charge in [0.15, 0.2) is 11.6 Å². The van der Waals surface area contributed by atoms with Gasteiger partial charge in [0.2, 0.25) is 0 Å². The van der Waals surface area contributed by atoms with Gasteiger partial charge in [0.25, 0.3) is 0 Å². The maximum absolute atomic E-state index is 15.0. The Kier molecular flexibility index (Phi) is 9.83. The molecule has 248 valence electrons. The number of alkyl halides is 5. The average molecular weight is 674 g/mol. The lowest BCUT2D eigenvalue weighted by atomic mass is 9.99. The smallest absolute Gasteiger partial charge is 0.429 e. The lowest BCUT2D eigenvalue weighted by molar-refractivity contribution is -0.275. The zero-order chi connectivity index (χ0) is 34.6. The van der Waals surface area contributed by atoms with Crippen LogP contribution in [-0.2, 0) is 12.5 Å². The number of aromatic nitrogens is 1. The van der Waals surface area contributed by atoms with E-state index in [9.17, 15) is 26.3 Å². The van der Waals surface area contributed by atoms with E-state index in [0.29, 0.717) is 23.9 Å². The van der Waals surface area contributed by atoms with Gasteiger partial charge in [-0.25, -0.2) is 17.6 Å². The van der Waals surface area contributed by atoms with Crippen molar-refractivity contribution >= 4 is 0 Å². The number of benzene rings is 4. The van der Waals surface area contributed by atoms with Crippen LogP contribution in [0.4, 0.5) is 39.5 Å². The van der Waals surface area contributed by atoms with Gasteiger partial charge in [-0.1, -0.05) is 42.5 Å². The number of halogens is 9. The van der Waals surface area contributed by atoms with Gasteiger partial charge in [0, 0.05) is 29.0 Å². The molecule has 0 atom stereocenters. The molecule has 0 aliphatic rings. The quantitative estimate of drug-likeness (QED) is 0.109. The van der Waals surface area contributed by atoms with E-state index in [1.807, 2.05) is 25.1 Å². The molecule has 1 aromatic heterocycles. The molecular weight excluding hydrogens is 649 g/mol. The molecule has 4 aromatic carbocycles. The van der Waals surface area contributed by atoms with Crippen LogP contribution in [0, 0.1) is 23.3 Å². The zero-order valence-electron chi connectivity index (χ0n) is 24.9. The largest absolute Gasteiger partial charge is 0.573 e. The van der Waals surface area contributed by atoms with Crippen molar-refractivity contribution in [2.45, 2.75) is 32.2 Å². The Labute approximate surface area is 268 Å². The van der Waals surface area contributed by atoms with E-state index in [1.54, 1.807) is 12.3 Å². The van der Waals surface area contributed by atoms with Crippen LogP contribution in [0.25, 0.3) is 33.5 Å². The number of ether oxygens (including phenoxy) is 2. The van der Waals surface area contributed by atoms with Crippen molar-refractivity contribution < 1.29 is 49.0 Å². The van der Waals surface area contributed by atoms with Crippen molar-refractivity contribution in [1.29, 1.82) is 0 Å². The normalized spacial score (nSPS) is 12.0. The molecule has 0 aliphatic carbocycles. The van der Waals surface area contributed by atoms with Crippen molar-refractivity contribution in [1.82, 2.24) is 4.98 Å². The first kappa shape index (κ1) is 34.1. The summed E-state index contributed by atoms with van der Waals surface area (Å²) in [6.45, 7) is 1.91. The second-order valence-electron chi connectivity index (χ2n) is 10.5. The van der Waals surface area contributed by atoms with E-state index in [4.69, 9.17) is 0 Å². The lowest BCUT2D eigenvalue weighted by Gasteiger charge is -2.19. The molecule has 1 heterocycles. The third kappa shape index (κ3) is 7.99. The van der Waals surface area contributed by atoms with E-state index in [0.717, 1.165) is 60.9 Å². The van der Waals surface area contributed by atoms with Gasteiger partial charge in [0.1, 0.15) is 23.2 Å². The predicted molar refractivity (Wildman–Crippen MR) is 161 cm³/mol. The Hall–Kier alpha value is -5.26. The van der Waals surface area contributed by atoms with Crippen LogP contribution < -0.4 is 9.47 Å². The number of aryl methyl sites for hydroxylation is 1. The second-order valence-corrected chi connectivity index (χ2v) is 10.5. The summed E-state index contributed by atoms with van der Waals surface area (Å²) >= 11 is 0. The topological polar surface area (TPSA) is 31.4 Å². The highest BCUT2D eigenvalue weighted by molar-refractivity contribution is 5.72. The van der Waals surface area contributed by atoms with E-state index >= 15 is 13.2 Å². The standard InChI is InChI=1S/C36H24F9NO2/c1-2-3-4-5-21-6-14-33(46-20-21)24-8-13-28(31(39)18-24)35(41,42)47-25-10-12-27(30(38)19-25)22-7-11-26(29(37)16-22)23-9-15-34(32(40)17-23)48-36(43,44)45/h2-3,6-20H,4-5H2,1H3/b3-2+. The van der Waals surface area contributed by atoms with Crippen LogP contribution in [0.1, 0.15) is 24.5 Å². The van der Waals surface area contributed by atoms with Crippen LogP contribution >= 0.6 is 0 Å². The Morgan fingerprint density at radius 2 is 1.27 bits per heavy atom. The number of pyridine rings is 1. The molecule has 0 aliphatic heterocycles. The fourth-order valence-electron chi connectivity index (χ4n) is 4.86. The molecule has 48 heavy (non-hydrogen) atoms. The van der Waals surface area contributed by atoms with E-state index < -0.39 is 52.8 Å². The molecule has 0 unspecified atom stereocenters. The maximum atomic E-state index is 15.0. The fraction of sp³-hybridized carbons (Fsp3) is 0.139. The zero-order valence-corrected chi connectivity index (χ0v) is 24.9. The highest BCUT2D eigenvalue weighted by Gasteiger charge is 2.38. The van der Waals surface area contributed by atoms with Crippen LogP contribution in [0.2, 0.25) is 0 Å². The molecule has 0 fully saturated rings. The summed E-state index contributed by atoms with van der Waals surface area (Å²) in [4.78, 5) is 4.29. The second kappa shape index (κ2) is 13.8. The molecule has 5 aromatic rings. The maximum Gasteiger partial charge on any atom is 0.573 e. The molecule has 0 amide bonds. The highest BCUT2D eigenvalue weighted by Crippen LogP contribution is 2.37. The first-order valence-electron chi connectivity index (χ1n) is 14.3. The molecule has 0 bridgehead atoms. The Bertz CT molecular complexity index is 1960. The van der Waals surface area contributed by atoms with Crippen molar-refractivity contribution in [2.75, 3.05) is 0 Å². The number of rotatable bonds is 10. The van der Waals surface area contributed by atoms with Crippen molar-refractivity contribution in [3.05, 3.63) is 138 Å². The minimum absolute atomic E-state index is 0.0365. The number of allylic oxidation sites excluding steroid dienone is 2. The first-order valence-corrected chi connectivity index (χ1v) is 14.3. The Morgan fingerprint density at radius 1 is 0.646 bits per heavy atom. The van der Waals surface area contributed by atoms with E-state index in [-0.39, 0.29) is 27.8 Å². The minimum atomic E-state index is -5.13. The third-order valence-electron chi connectivity index (χ3n) is 7.17. The number of nitrogens with zero attached hydrogens (tertiary/aromatic N) is 1. The summed E-state index contributed by atoms with van der Waals surface area (Å²) in [5.41, 5.74) is -0.0816. The van der Waals surface area contributed by atoms with Crippen molar-refractivity contribution in [3.63, 3.8) is 0 Å². The van der Waals surface area contributed by atoms with Crippen LogP contribution in [-0.4, -0.2) is 11.3 Å². The summed E-state index contributed by atoms with van der Waals surface area (Å²) in [6.07, 6.45) is -2.18. The Morgan fingerprint density at radius 3 is 1.85 bits per heavy atom. The molecule has 5 rings (SSSR count). The van der Waals surface area contributed by atoms with Crippen LogP contribution in [0.5, 0.6) is 11.5 Å².